The minimum atomic E-state index is 0.615. The summed E-state index contributed by atoms with van der Waals surface area (Å²) in [5.74, 6) is 0.670. The normalized spacial score (nSPS) is 19.8. The first-order chi connectivity index (χ1) is 7.79. The largest absolute Gasteiger partial charge is 0.481 e. The topological polar surface area (TPSA) is 37.4 Å². The first kappa shape index (κ1) is 11.2. The molecule has 1 aromatic rings. The van der Waals surface area contributed by atoms with Crippen LogP contribution < -0.4 is 15.0 Å². The van der Waals surface area contributed by atoms with E-state index in [-0.39, 0.29) is 0 Å². The van der Waals surface area contributed by atoms with E-state index in [1.807, 2.05) is 12.1 Å². The molecule has 4 heteroatoms. The summed E-state index contributed by atoms with van der Waals surface area (Å²) in [7, 11) is 3.75. The van der Waals surface area contributed by atoms with Gasteiger partial charge in [0.1, 0.15) is 0 Å². The molecule has 0 saturated carbocycles. The van der Waals surface area contributed by atoms with Gasteiger partial charge in [0.15, 0.2) is 0 Å². The summed E-state index contributed by atoms with van der Waals surface area (Å²) in [5, 5.41) is 3.50. The molecule has 1 atom stereocenters. The van der Waals surface area contributed by atoms with Crippen LogP contribution in [0.2, 0.25) is 0 Å². The van der Waals surface area contributed by atoms with Crippen LogP contribution in [0.3, 0.4) is 0 Å². The fourth-order valence-corrected chi connectivity index (χ4v) is 2.10. The second-order valence-electron chi connectivity index (χ2n) is 4.23. The lowest BCUT2D eigenvalue weighted by atomic mass is 10.2. The van der Waals surface area contributed by atoms with Crippen molar-refractivity contribution in [2.45, 2.75) is 18.9 Å². The second-order valence-corrected chi connectivity index (χ2v) is 4.23. The Morgan fingerprint density at radius 3 is 3.19 bits per heavy atom. The molecule has 1 fully saturated rings. The van der Waals surface area contributed by atoms with Crippen molar-refractivity contribution in [3.05, 3.63) is 18.3 Å². The maximum Gasteiger partial charge on any atom is 0.214 e. The van der Waals surface area contributed by atoms with Crippen LogP contribution in [0.5, 0.6) is 5.88 Å². The first-order valence-electron chi connectivity index (χ1n) is 5.74. The van der Waals surface area contributed by atoms with E-state index < -0.39 is 0 Å². The van der Waals surface area contributed by atoms with E-state index in [4.69, 9.17) is 4.74 Å². The number of hydrogen-bond acceptors (Lipinski definition) is 4. The number of hydrogen-bond donors (Lipinski definition) is 1. The molecule has 4 nitrogen and oxygen atoms in total. The minimum absolute atomic E-state index is 0.615. The lowest BCUT2D eigenvalue weighted by Gasteiger charge is -2.23. The van der Waals surface area contributed by atoms with Gasteiger partial charge in [-0.25, -0.2) is 4.98 Å². The third-order valence-corrected chi connectivity index (χ3v) is 3.02. The van der Waals surface area contributed by atoms with E-state index >= 15 is 0 Å². The standard InChI is InChI=1S/C12H19N3O/c1-15(9-10-4-3-6-13-10)11-5-7-14-12(8-11)16-2/h5,7-8,10,13H,3-4,6,9H2,1-2H3. The zero-order valence-electron chi connectivity index (χ0n) is 9.94. The molecule has 1 aliphatic rings. The van der Waals surface area contributed by atoms with Gasteiger partial charge in [0, 0.05) is 37.6 Å². The Balaban J connectivity index is 1.98. The smallest absolute Gasteiger partial charge is 0.214 e. The third-order valence-electron chi connectivity index (χ3n) is 3.02. The molecule has 1 N–H and O–H groups in total. The highest BCUT2D eigenvalue weighted by molar-refractivity contribution is 5.47. The Morgan fingerprint density at radius 1 is 1.62 bits per heavy atom. The zero-order chi connectivity index (χ0) is 11.4. The fourth-order valence-electron chi connectivity index (χ4n) is 2.10. The zero-order valence-corrected chi connectivity index (χ0v) is 9.94. The Labute approximate surface area is 96.6 Å². The molecule has 2 rings (SSSR count). The van der Waals surface area contributed by atoms with Crippen LogP contribution in [0.15, 0.2) is 18.3 Å². The van der Waals surface area contributed by atoms with Gasteiger partial charge in [0.2, 0.25) is 5.88 Å². The van der Waals surface area contributed by atoms with Crippen molar-refractivity contribution in [3.63, 3.8) is 0 Å². The average molecular weight is 221 g/mol. The van der Waals surface area contributed by atoms with Crippen LogP contribution in [-0.2, 0) is 0 Å². The monoisotopic (exact) mass is 221 g/mol. The van der Waals surface area contributed by atoms with Gasteiger partial charge < -0.3 is 15.0 Å². The number of nitrogens with zero attached hydrogens (tertiary/aromatic N) is 2. The van der Waals surface area contributed by atoms with Crippen LogP contribution in [0.1, 0.15) is 12.8 Å². The maximum atomic E-state index is 5.12. The number of methoxy groups -OCH3 is 1. The molecule has 0 bridgehead atoms. The number of aromatic nitrogens is 1. The van der Waals surface area contributed by atoms with Gasteiger partial charge in [0.05, 0.1) is 7.11 Å². The van der Waals surface area contributed by atoms with Crippen LogP contribution in [-0.4, -0.2) is 38.3 Å². The van der Waals surface area contributed by atoms with Crippen LogP contribution in [0, 0.1) is 0 Å². The SMILES string of the molecule is COc1cc(N(C)CC2CCCN2)ccn1. The molecule has 0 aliphatic carbocycles. The molecule has 1 saturated heterocycles. The summed E-state index contributed by atoms with van der Waals surface area (Å²) < 4.78 is 5.12. The molecule has 0 aromatic carbocycles. The molecule has 0 amide bonds. The lowest BCUT2D eigenvalue weighted by Crippen LogP contribution is -2.35. The van der Waals surface area contributed by atoms with E-state index in [1.165, 1.54) is 12.8 Å². The highest BCUT2D eigenvalue weighted by atomic mass is 16.5. The number of likely N-dealkylation sites (N-methyl/N-ethyl adjacent to an activating group) is 1. The van der Waals surface area contributed by atoms with Crippen molar-refractivity contribution in [2.24, 2.45) is 0 Å². The highest BCUT2D eigenvalue weighted by Gasteiger charge is 2.16. The number of nitrogens with one attached hydrogen (secondary N) is 1. The molecule has 0 radical (unpaired) electrons. The highest BCUT2D eigenvalue weighted by Crippen LogP contribution is 2.18. The quantitative estimate of drug-likeness (QED) is 0.831. The Kier molecular flexibility index (Phi) is 3.62. The van der Waals surface area contributed by atoms with E-state index in [9.17, 15) is 0 Å². The van der Waals surface area contributed by atoms with Gasteiger partial charge in [-0.1, -0.05) is 0 Å². The van der Waals surface area contributed by atoms with Gasteiger partial charge >= 0.3 is 0 Å². The van der Waals surface area contributed by atoms with Crippen LogP contribution in [0.25, 0.3) is 0 Å². The summed E-state index contributed by atoms with van der Waals surface area (Å²) in [4.78, 5) is 6.35. The molecular formula is C12H19N3O. The van der Waals surface area contributed by atoms with Crippen LogP contribution in [0.4, 0.5) is 5.69 Å². The molecule has 16 heavy (non-hydrogen) atoms. The molecule has 0 spiro atoms. The minimum Gasteiger partial charge on any atom is -0.481 e. The Hall–Kier alpha value is -1.29. The number of ether oxygens (including phenoxy) is 1. The molecular weight excluding hydrogens is 202 g/mol. The van der Waals surface area contributed by atoms with Crippen molar-refractivity contribution in [1.82, 2.24) is 10.3 Å². The van der Waals surface area contributed by atoms with E-state index in [1.54, 1.807) is 13.3 Å². The predicted octanol–water partition coefficient (Wildman–Crippen LogP) is 1.28. The summed E-state index contributed by atoms with van der Waals surface area (Å²) in [5.41, 5.74) is 1.15. The van der Waals surface area contributed by atoms with Gasteiger partial charge in [-0.15, -0.1) is 0 Å². The van der Waals surface area contributed by atoms with Gasteiger partial charge in [0.25, 0.3) is 0 Å². The third kappa shape index (κ3) is 2.64. The molecule has 1 unspecified atom stereocenters. The first-order valence-corrected chi connectivity index (χ1v) is 5.74. The van der Waals surface area contributed by atoms with Crippen LogP contribution >= 0.6 is 0 Å². The molecule has 88 valence electrons. The van der Waals surface area contributed by atoms with Crippen molar-refractivity contribution in [1.29, 1.82) is 0 Å². The van der Waals surface area contributed by atoms with Gasteiger partial charge in [-0.05, 0) is 25.5 Å². The average Bonchev–Trinajstić information content (AvgIpc) is 2.82. The summed E-state index contributed by atoms with van der Waals surface area (Å²) >= 11 is 0. The number of anilines is 1. The summed E-state index contributed by atoms with van der Waals surface area (Å²) in [6.45, 7) is 2.19. The second kappa shape index (κ2) is 5.16. The van der Waals surface area contributed by atoms with E-state index in [0.29, 0.717) is 11.9 Å². The number of pyridine rings is 1. The van der Waals surface area contributed by atoms with Crippen molar-refractivity contribution < 1.29 is 4.74 Å². The molecule has 1 aliphatic heterocycles. The number of rotatable bonds is 4. The Bertz CT molecular complexity index is 337. The van der Waals surface area contributed by atoms with E-state index in [2.05, 4.69) is 22.2 Å². The predicted molar refractivity (Wildman–Crippen MR) is 65.1 cm³/mol. The maximum absolute atomic E-state index is 5.12. The van der Waals surface area contributed by atoms with Crippen molar-refractivity contribution >= 4 is 5.69 Å². The molecule has 1 aromatic heterocycles. The van der Waals surface area contributed by atoms with Crippen molar-refractivity contribution in [2.75, 3.05) is 32.1 Å². The molecule has 2 heterocycles. The van der Waals surface area contributed by atoms with E-state index in [0.717, 1.165) is 18.8 Å². The fraction of sp³-hybridized carbons (Fsp3) is 0.583. The Morgan fingerprint density at radius 2 is 2.50 bits per heavy atom. The summed E-state index contributed by atoms with van der Waals surface area (Å²) in [6, 6.07) is 4.59. The lowest BCUT2D eigenvalue weighted by molar-refractivity contribution is 0.398. The van der Waals surface area contributed by atoms with Gasteiger partial charge in [-0.3, -0.25) is 0 Å². The van der Waals surface area contributed by atoms with Gasteiger partial charge in [-0.2, -0.15) is 0 Å². The summed E-state index contributed by atoms with van der Waals surface area (Å²) in [6.07, 6.45) is 4.34. The van der Waals surface area contributed by atoms with Crippen molar-refractivity contribution in [3.8, 4) is 5.88 Å².